The number of hydrogen-bond acceptors (Lipinski definition) is 3. The van der Waals surface area contributed by atoms with Gasteiger partial charge in [-0.2, -0.15) is 0 Å². The van der Waals surface area contributed by atoms with Gasteiger partial charge in [0, 0.05) is 5.02 Å². The van der Waals surface area contributed by atoms with E-state index >= 15 is 0 Å². The van der Waals surface area contributed by atoms with Gasteiger partial charge in [0.1, 0.15) is 6.54 Å². The first kappa shape index (κ1) is 10.7. The third-order valence-corrected chi connectivity index (χ3v) is 3.23. The van der Waals surface area contributed by atoms with Crippen molar-refractivity contribution in [3.63, 3.8) is 0 Å². The van der Waals surface area contributed by atoms with E-state index in [4.69, 9.17) is 23.2 Å². The Kier molecular flexibility index (Phi) is 2.82. The Labute approximate surface area is 98.8 Å². The number of benzene rings is 1. The lowest BCUT2D eigenvalue weighted by Gasteiger charge is -1.98. The van der Waals surface area contributed by atoms with Crippen molar-refractivity contribution in [2.24, 2.45) is 0 Å². The first-order valence-corrected chi connectivity index (χ1v) is 5.62. The lowest BCUT2D eigenvalue weighted by Crippen LogP contribution is -2.16. The monoisotopic (exact) mass is 261 g/mol. The van der Waals surface area contributed by atoms with Crippen LogP contribution >= 0.6 is 34.5 Å². The zero-order valence-electron chi connectivity index (χ0n) is 7.37. The van der Waals surface area contributed by atoms with Crippen LogP contribution in [0.3, 0.4) is 0 Å². The van der Waals surface area contributed by atoms with Crippen molar-refractivity contribution in [2.75, 3.05) is 0 Å². The van der Waals surface area contributed by atoms with Crippen molar-refractivity contribution in [3.05, 3.63) is 32.9 Å². The molecule has 0 aliphatic rings. The molecule has 2 rings (SSSR count). The summed E-state index contributed by atoms with van der Waals surface area (Å²) in [5.74, 6) is 0. The minimum Gasteiger partial charge on any atom is -0.290 e. The van der Waals surface area contributed by atoms with Gasteiger partial charge >= 0.3 is 4.87 Å². The molecule has 2 aromatic rings. The second-order valence-electron chi connectivity index (χ2n) is 2.92. The molecular weight excluding hydrogens is 257 g/mol. The van der Waals surface area contributed by atoms with Gasteiger partial charge in [0.15, 0.2) is 0 Å². The van der Waals surface area contributed by atoms with Crippen LogP contribution in [0.25, 0.3) is 10.2 Å². The van der Waals surface area contributed by atoms with E-state index in [1.165, 1.54) is 4.57 Å². The first-order valence-electron chi connectivity index (χ1n) is 4.05. The highest BCUT2D eigenvalue weighted by Crippen LogP contribution is 2.21. The van der Waals surface area contributed by atoms with Crippen molar-refractivity contribution in [2.45, 2.75) is 6.54 Å². The third kappa shape index (κ3) is 2.07. The molecule has 0 saturated carbocycles. The summed E-state index contributed by atoms with van der Waals surface area (Å²) in [6, 6.07) is 5.10. The van der Waals surface area contributed by atoms with Crippen LogP contribution in [0.4, 0.5) is 0 Å². The molecule has 1 aromatic carbocycles. The van der Waals surface area contributed by atoms with E-state index in [-0.39, 0.29) is 11.4 Å². The zero-order valence-corrected chi connectivity index (χ0v) is 9.70. The van der Waals surface area contributed by atoms with Gasteiger partial charge in [0.2, 0.25) is 5.24 Å². The molecule has 0 amide bonds. The van der Waals surface area contributed by atoms with Gasteiger partial charge in [-0.15, -0.1) is 0 Å². The van der Waals surface area contributed by atoms with E-state index in [9.17, 15) is 9.59 Å². The normalized spacial score (nSPS) is 10.8. The van der Waals surface area contributed by atoms with Crippen molar-refractivity contribution < 1.29 is 4.79 Å². The summed E-state index contributed by atoms with van der Waals surface area (Å²) in [5, 5.41) is -0.0483. The Bertz CT molecular complexity index is 587. The van der Waals surface area contributed by atoms with Crippen LogP contribution in [-0.4, -0.2) is 9.81 Å². The Balaban J connectivity index is 2.70. The van der Waals surface area contributed by atoms with Crippen molar-refractivity contribution in [3.8, 4) is 0 Å². The average molecular weight is 262 g/mol. The van der Waals surface area contributed by atoms with Crippen molar-refractivity contribution >= 4 is 50.0 Å². The van der Waals surface area contributed by atoms with E-state index in [0.717, 1.165) is 16.0 Å². The maximum absolute atomic E-state index is 11.5. The van der Waals surface area contributed by atoms with Crippen LogP contribution in [0.15, 0.2) is 23.0 Å². The number of halogens is 2. The lowest BCUT2D eigenvalue weighted by atomic mass is 10.3. The number of thiazole rings is 1. The second-order valence-corrected chi connectivity index (χ2v) is 4.77. The maximum Gasteiger partial charge on any atom is 0.308 e. The Morgan fingerprint density at radius 3 is 2.87 bits per heavy atom. The molecule has 0 bridgehead atoms. The van der Waals surface area contributed by atoms with E-state index in [0.29, 0.717) is 10.5 Å². The predicted octanol–water partition coefficient (Wildman–Crippen LogP) is 2.48. The molecule has 0 fully saturated rings. The fraction of sp³-hybridized carbons (Fsp3) is 0.111. The molecule has 0 atom stereocenters. The van der Waals surface area contributed by atoms with E-state index in [2.05, 4.69) is 0 Å². The summed E-state index contributed by atoms with van der Waals surface area (Å²) in [4.78, 5) is 22.1. The van der Waals surface area contributed by atoms with Crippen LogP contribution in [0, 0.1) is 0 Å². The highest BCUT2D eigenvalue weighted by Gasteiger charge is 2.09. The first-order chi connectivity index (χ1) is 7.08. The smallest absolute Gasteiger partial charge is 0.290 e. The topological polar surface area (TPSA) is 39.1 Å². The molecule has 15 heavy (non-hydrogen) atoms. The van der Waals surface area contributed by atoms with Crippen LogP contribution in [0.2, 0.25) is 5.02 Å². The van der Waals surface area contributed by atoms with Crippen molar-refractivity contribution in [1.29, 1.82) is 0 Å². The molecule has 3 nitrogen and oxygen atoms in total. The molecule has 1 aromatic heterocycles. The van der Waals surface area contributed by atoms with E-state index < -0.39 is 5.24 Å². The van der Waals surface area contributed by atoms with Crippen LogP contribution in [0.5, 0.6) is 0 Å². The number of nitrogens with zero attached hydrogens (tertiary/aromatic N) is 1. The minimum atomic E-state index is -0.572. The highest BCUT2D eigenvalue weighted by molar-refractivity contribution is 7.16. The zero-order chi connectivity index (χ0) is 11.0. The average Bonchev–Trinajstić information content (AvgIpc) is 2.43. The quantitative estimate of drug-likeness (QED) is 0.780. The number of hydrogen-bond donors (Lipinski definition) is 0. The van der Waals surface area contributed by atoms with Gasteiger partial charge in [0.05, 0.1) is 10.2 Å². The van der Waals surface area contributed by atoms with Crippen LogP contribution in [0.1, 0.15) is 0 Å². The Morgan fingerprint density at radius 2 is 2.20 bits per heavy atom. The molecular formula is C9H5Cl2NO2S. The largest absolute Gasteiger partial charge is 0.308 e. The van der Waals surface area contributed by atoms with E-state index in [1.54, 1.807) is 18.2 Å². The summed E-state index contributed by atoms with van der Waals surface area (Å²) in [5.41, 5.74) is 0.645. The second kappa shape index (κ2) is 3.96. The molecule has 0 unspecified atom stereocenters. The summed E-state index contributed by atoms with van der Waals surface area (Å²) in [6.45, 7) is -0.124. The third-order valence-electron chi connectivity index (χ3n) is 1.91. The summed E-state index contributed by atoms with van der Waals surface area (Å²) < 4.78 is 2.11. The molecule has 6 heteroatoms. The molecule has 78 valence electrons. The van der Waals surface area contributed by atoms with Crippen LogP contribution < -0.4 is 4.87 Å². The fourth-order valence-electron chi connectivity index (χ4n) is 1.31. The summed E-state index contributed by atoms with van der Waals surface area (Å²) in [6.07, 6.45) is 0. The number of rotatable bonds is 2. The van der Waals surface area contributed by atoms with Crippen LogP contribution in [-0.2, 0) is 11.3 Å². The SMILES string of the molecule is O=C(Cl)Cn1c(=O)sc2ccc(Cl)cc21. The van der Waals surface area contributed by atoms with Crippen molar-refractivity contribution in [1.82, 2.24) is 4.57 Å². The molecule has 0 radical (unpaired) electrons. The molecule has 0 N–H and O–H groups in total. The maximum atomic E-state index is 11.5. The standard InChI is InChI=1S/C9H5Cl2NO2S/c10-5-1-2-7-6(3-5)12(4-8(11)13)9(14)15-7/h1-3H,4H2. The predicted molar refractivity (Wildman–Crippen MR) is 62.0 cm³/mol. The number of carbonyl (C=O) groups is 1. The number of fused-ring (bicyclic) bond motifs is 1. The summed E-state index contributed by atoms with van der Waals surface area (Å²) in [7, 11) is 0. The van der Waals surface area contributed by atoms with E-state index in [1.807, 2.05) is 0 Å². The van der Waals surface area contributed by atoms with Gasteiger partial charge in [0.25, 0.3) is 0 Å². The molecule has 0 spiro atoms. The molecule has 0 aliphatic heterocycles. The molecule has 0 aliphatic carbocycles. The van der Waals surface area contributed by atoms with Gasteiger partial charge in [-0.3, -0.25) is 14.2 Å². The highest BCUT2D eigenvalue weighted by atomic mass is 35.5. The number of carbonyl (C=O) groups excluding carboxylic acids is 1. The summed E-state index contributed by atoms with van der Waals surface area (Å²) >= 11 is 12.1. The Morgan fingerprint density at radius 1 is 1.47 bits per heavy atom. The number of aromatic nitrogens is 1. The fourth-order valence-corrected chi connectivity index (χ4v) is 2.47. The van der Waals surface area contributed by atoms with Gasteiger partial charge in [-0.25, -0.2) is 0 Å². The minimum absolute atomic E-state index is 0.124. The van der Waals surface area contributed by atoms with Gasteiger partial charge < -0.3 is 0 Å². The molecule has 0 saturated heterocycles. The molecule has 1 heterocycles. The van der Waals surface area contributed by atoms with Gasteiger partial charge in [-0.05, 0) is 29.8 Å². The lowest BCUT2D eigenvalue weighted by molar-refractivity contribution is -0.112. The Hall–Kier alpha value is -0.840. The van der Waals surface area contributed by atoms with Gasteiger partial charge in [-0.1, -0.05) is 22.9 Å².